The molecule has 9 heteroatoms. The van der Waals surface area contributed by atoms with Crippen LogP contribution in [0.15, 0.2) is 42.9 Å². The summed E-state index contributed by atoms with van der Waals surface area (Å²) in [5.41, 5.74) is 3.63. The van der Waals surface area contributed by atoms with E-state index in [1.807, 2.05) is 19.0 Å². The lowest BCUT2D eigenvalue weighted by atomic mass is 10.0. The molecule has 0 saturated carbocycles. The van der Waals surface area contributed by atoms with Crippen molar-refractivity contribution in [1.82, 2.24) is 19.3 Å². The number of hydrogen-bond acceptors (Lipinski definition) is 5. The van der Waals surface area contributed by atoms with E-state index in [0.717, 1.165) is 11.3 Å². The van der Waals surface area contributed by atoms with Crippen molar-refractivity contribution in [2.24, 2.45) is 0 Å². The average Bonchev–Trinajstić information content (AvgIpc) is 3.46. The molecule has 0 atom stereocenters. The Hall–Kier alpha value is -3.23. The minimum Gasteiger partial charge on any atom is -0.493 e. The van der Waals surface area contributed by atoms with Crippen molar-refractivity contribution in [3.63, 3.8) is 0 Å². The molecule has 170 valence electrons. The zero-order chi connectivity index (χ0) is 23.1. The number of fused-ring (bicyclic) bond motifs is 2. The minimum atomic E-state index is -0.453. The molecule has 6 nitrogen and oxygen atoms in total. The highest BCUT2D eigenvalue weighted by Gasteiger charge is 2.21. The van der Waals surface area contributed by atoms with Gasteiger partial charge in [0.15, 0.2) is 0 Å². The number of nitrogens with zero attached hydrogens (tertiary/aromatic N) is 4. The van der Waals surface area contributed by atoms with Gasteiger partial charge in [-0.25, -0.2) is 18.7 Å². The highest BCUT2D eigenvalue weighted by molar-refractivity contribution is 6.33. The zero-order valence-corrected chi connectivity index (χ0v) is 19.0. The number of halogens is 3. The van der Waals surface area contributed by atoms with Gasteiger partial charge in [0.1, 0.15) is 23.0 Å². The van der Waals surface area contributed by atoms with E-state index in [0.29, 0.717) is 53.4 Å². The van der Waals surface area contributed by atoms with Crippen molar-refractivity contribution in [3.05, 3.63) is 76.2 Å². The third-order valence-corrected chi connectivity index (χ3v) is 6.10. The standard InChI is InChI=1S/C24H22ClF2N5O/c1-31(2)13-14-3-4-16(21(25)22(14)27)18-12-30-24(32-9-8-28-23(18)32)29-11-17-15-7-10-33-20(15)6-5-19(17)26/h3-6,8-9,12H,7,10-11,13H2,1-2H3,(H,29,30). The summed E-state index contributed by atoms with van der Waals surface area (Å²) < 4.78 is 36.7. The highest BCUT2D eigenvalue weighted by Crippen LogP contribution is 2.35. The SMILES string of the molecule is CN(C)Cc1ccc(-c2cnc(NCc3c(F)ccc4c3CCO4)n3ccnc23)c(Cl)c1F. The fourth-order valence-corrected chi connectivity index (χ4v) is 4.46. The number of aromatic nitrogens is 3. The van der Waals surface area contributed by atoms with Gasteiger partial charge in [0.25, 0.3) is 0 Å². The number of hydrogen-bond donors (Lipinski definition) is 1. The van der Waals surface area contributed by atoms with Crippen LogP contribution in [0.25, 0.3) is 16.8 Å². The smallest absolute Gasteiger partial charge is 0.208 e. The molecule has 0 spiro atoms. The Balaban J connectivity index is 1.48. The summed E-state index contributed by atoms with van der Waals surface area (Å²) in [6.07, 6.45) is 5.65. The van der Waals surface area contributed by atoms with E-state index in [9.17, 15) is 8.78 Å². The molecule has 3 heterocycles. The first-order valence-electron chi connectivity index (χ1n) is 10.5. The van der Waals surface area contributed by atoms with E-state index in [4.69, 9.17) is 16.3 Å². The Bertz CT molecular complexity index is 1350. The number of imidazole rings is 1. The van der Waals surface area contributed by atoms with Crippen LogP contribution >= 0.6 is 11.6 Å². The third-order valence-electron chi connectivity index (χ3n) is 5.73. The molecule has 33 heavy (non-hydrogen) atoms. The topological polar surface area (TPSA) is 54.7 Å². The van der Waals surface area contributed by atoms with Gasteiger partial charge in [0.05, 0.1) is 11.6 Å². The van der Waals surface area contributed by atoms with E-state index < -0.39 is 5.82 Å². The Morgan fingerprint density at radius 2 is 2.00 bits per heavy atom. The Morgan fingerprint density at radius 1 is 1.15 bits per heavy atom. The number of rotatable bonds is 6. The van der Waals surface area contributed by atoms with Gasteiger partial charge in [-0.2, -0.15) is 0 Å². The first kappa shape index (κ1) is 21.6. The van der Waals surface area contributed by atoms with Crippen LogP contribution in [-0.2, 0) is 19.5 Å². The molecule has 2 aromatic carbocycles. The number of benzene rings is 2. The summed E-state index contributed by atoms with van der Waals surface area (Å²) in [5.74, 6) is 0.470. The number of nitrogens with one attached hydrogen (secondary N) is 1. The van der Waals surface area contributed by atoms with Gasteiger partial charge in [-0.05, 0) is 26.2 Å². The fourth-order valence-electron chi connectivity index (χ4n) is 4.17. The second-order valence-electron chi connectivity index (χ2n) is 8.21. The van der Waals surface area contributed by atoms with E-state index in [2.05, 4.69) is 15.3 Å². The Labute approximate surface area is 194 Å². The van der Waals surface area contributed by atoms with Crippen molar-refractivity contribution in [3.8, 4) is 16.9 Å². The molecule has 1 aliphatic heterocycles. The van der Waals surface area contributed by atoms with Crippen molar-refractivity contribution in [1.29, 1.82) is 0 Å². The second-order valence-corrected chi connectivity index (χ2v) is 8.59. The Kier molecular flexibility index (Phi) is 5.64. The van der Waals surface area contributed by atoms with Crippen LogP contribution in [0.4, 0.5) is 14.7 Å². The monoisotopic (exact) mass is 469 g/mol. The van der Waals surface area contributed by atoms with Crippen LogP contribution in [0.2, 0.25) is 5.02 Å². The first-order valence-corrected chi connectivity index (χ1v) is 10.9. The van der Waals surface area contributed by atoms with Crippen molar-refractivity contribution < 1.29 is 13.5 Å². The van der Waals surface area contributed by atoms with Gasteiger partial charge in [0, 0.05) is 65.9 Å². The van der Waals surface area contributed by atoms with Crippen LogP contribution in [0.3, 0.4) is 0 Å². The molecule has 1 aliphatic rings. The van der Waals surface area contributed by atoms with Gasteiger partial charge >= 0.3 is 0 Å². The Morgan fingerprint density at radius 3 is 2.82 bits per heavy atom. The largest absolute Gasteiger partial charge is 0.493 e. The molecule has 5 rings (SSSR count). The van der Waals surface area contributed by atoms with E-state index in [-0.39, 0.29) is 17.4 Å². The molecule has 0 bridgehead atoms. The molecule has 0 radical (unpaired) electrons. The highest BCUT2D eigenvalue weighted by atomic mass is 35.5. The van der Waals surface area contributed by atoms with Crippen LogP contribution in [0, 0.1) is 11.6 Å². The van der Waals surface area contributed by atoms with Gasteiger partial charge in [-0.1, -0.05) is 23.7 Å². The lowest BCUT2D eigenvalue weighted by molar-refractivity contribution is 0.356. The lowest BCUT2D eigenvalue weighted by Crippen LogP contribution is -2.12. The molecule has 1 N–H and O–H groups in total. The van der Waals surface area contributed by atoms with Crippen molar-refractivity contribution in [2.75, 3.05) is 26.0 Å². The maximum absolute atomic E-state index is 14.9. The number of anilines is 1. The van der Waals surface area contributed by atoms with E-state index in [1.54, 1.807) is 41.2 Å². The van der Waals surface area contributed by atoms with E-state index in [1.165, 1.54) is 6.07 Å². The summed E-state index contributed by atoms with van der Waals surface area (Å²) in [7, 11) is 3.74. The van der Waals surface area contributed by atoms with Crippen LogP contribution in [-0.4, -0.2) is 40.0 Å². The third kappa shape index (κ3) is 3.89. The summed E-state index contributed by atoms with van der Waals surface area (Å²) in [4.78, 5) is 10.8. The molecule has 0 amide bonds. The van der Waals surface area contributed by atoms with E-state index >= 15 is 0 Å². The average molecular weight is 470 g/mol. The van der Waals surface area contributed by atoms with Crippen molar-refractivity contribution >= 4 is 23.2 Å². The van der Waals surface area contributed by atoms with Crippen molar-refractivity contribution in [2.45, 2.75) is 19.5 Å². The molecule has 0 saturated heterocycles. The fraction of sp³-hybridized carbons (Fsp3) is 0.250. The quantitative estimate of drug-likeness (QED) is 0.433. The maximum Gasteiger partial charge on any atom is 0.208 e. The van der Waals surface area contributed by atoms with Crippen LogP contribution < -0.4 is 10.1 Å². The summed E-state index contributed by atoms with van der Waals surface area (Å²) in [5, 5.41) is 3.23. The molecular formula is C24H22ClF2N5O. The molecular weight excluding hydrogens is 448 g/mol. The molecule has 0 aliphatic carbocycles. The summed E-state index contributed by atoms with van der Waals surface area (Å²) in [6, 6.07) is 6.59. The van der Waals surface area contributed by atoms with Crippen LogP contribution in [0.5, 0.6) is 5.75 Å². The predicted octanol–water partition coefficient (Wildman–Crippen LogP) is 4.94. The molecule has 4 aromatic rings. The first-order chi connectivity index (χ1) is 15.9. The zero-order valence-electron chi connectivity index (χ0n) is 18.2. The maximum atomic E-state index is 14.9. The van der Waals surface area contributed by atoms with Gasteiger partial charge < -0.3 is 15.0 Å². The van der Waals surface area contributed by atoms with Gasteiger partial charge in [-0.3, -0.25) is 4.40 Å². The normalized spacial score (nSPS) is 12.9. The molecule has 0 unspecified atom stereocenters. The van der Waals surface area contributed by atoms with Gasteiger partial charge in [0.2, 0.25) is 5.95 Å². The number of ether oxygens (including phenoxy) is 1. The summed E-state index contributed by atoms with van der Waals surface area (Å²) in [6.45, 7) is 1.23. The second kappa shape index (κ2) is 8.61. The summed E-state index contributed by atoms with van der Waals surface area (Å²) >= 11 is 6.41. The molecule has 2 aromatic heterocycles. The molecule has 0 fully saturated rings. The minimum absolute atomic E-state index is 0.0312. The predicted molar refractivity (Wildman–Crippen MR) is 124 cm³/mol. The lowest BCUT2D eigenvalue weighted by Gasteiger charge is -2.15. The van der Waals surface area contributed by atoms with Gasteiger partial charge in [-0.15, -0.1) is 0 Å². The van der Waals surface area contributed by atoms with Crippen LogP contribution in [0.1, 0.15) is 16.7 Å².